The highest BCUT2D eigenvalue weighted by Crippen LogP contribution is 2.39. The molecule has 3 aliphatic rings. The molecule has 8 heteroatoms. The highest BCUT2D eigenvalue weighted by molar-refractivity contribution is 6.05. The van der Waals surface area contributed by atoms with Crippen LogP contribution in [0.4, 0.5) is 11.4 Å². The smallest absolute Gasteiger partial charge is 0.253 e. The van der Waals surface area contributed by atoms with Gasteiger partial charge in [-0.25, -0.2) is 4.99 Å². The molecular formula is C27H35N7O. The van der Waals surface area contributed by atoms with Crippen LogP contribution in [-0.2, 0) is 6.42 Å². The highest BCUT2D eigenvalue weighted by Gasteiger charge is 2.42. The Morgan fingerprint density at radius 2 is 1.51 bits per heavy atom. The Labute approximate surface area is 207 Å². The second-order valence-corrected chi connectivity index (χ2v) is 9.66. The van der Waals surface area contributed by atoms with Crippen molar-refractivity contribution >= 4 is 29.2 Å². The zero-order valence-electron chi connectivity index (χ0n) is 20.5. The normalized spacial score (nSPS) is 20.0. The first-order valence-electron chi connectivity index (χ1n) is 12.7. The molecule has 0 unspecified atom stereocenters. The molecule has 35 heavy (non-hydrogen) atoms. The van der Waals surface area contributed by atoms with E-state index in [1.165, 1.54) is 12.0 Å². The number of guanidine groups is 2. The van der Waals surface area contributed by atoms with Gasteiger partial charge >= 0.3 is 0 Å². The van der Waals surface area contributed by atoms with Crippen LogP contribution < -0.4 is 21.3 Å². The van der Waals surface area contributed by atoms with Gasteiger partial charge in [-0.05, 0) is 74.1 Å². The largest absolute Gasteiger partial charge is 0.369 e. The van der Waals surface area contributed by atoms with Gasteiger partial charge in [0.1, 0.15) is 5.66 Å². The molecule has 1 amide bonds. The van der Waals surface area contributed by atoms with E-state index in [4.69, 9.17) is 16.5 Å². The van der Waals surface area contributed by atoms with E-state index in [0.29, 0.717) is 19.0 Å². The van der Waals surface area contributed by atoms with Gasteiger partial charge in [-0.15, -0.1) is 0 Å². The first kappa shape index (κ1) is 23.2. The number of nitrogens with two attached hydrogens (primary N) is 2. The van der Waals surface area contributed by atoms with Gasteiger partial charge in [0.25, 0.3) is 5.91 Å². The Bertz CT molecular complexity index is 1110. The van der Waals surface area contributed by atoms with Crippen LogP contribution in [0.15, 0.2) is 58.5 Å². The van der Waals surface area contributed by atoms with Crippen LogP contribution >= 0.6 is 0 Å². The molecule has 4 N–H and O–H groups in total. The fourth-order valence-corrected chi connectivity index (χ4v) is 5.54. The van der Waals surface area contributed by atoms with E-state index in [2.05, 4.69) is 46.0 Å². The molecule has 2 aromatic rings. The minimum absolute atomic E-state index is 0.111. The Kier molecular flexibility index (Phi) is 6.36. The summed E-state index contributed by atoms with van der Waals surface area (Å²) in [6, 6.07) is 16.4. The lowest BCUT2D eigenvalue weighted by Crippen LogP contribution is -2.58. The van der Waals surface area contributed by atoms with E-state index in [0.717, 1.165) is 62.1 Å². The van der Waals surface area contributed by atoms with E-state index in [1.807, 2.05) is 29.2 Å². The fraction of sp³-hybridized carbons (Fsp3) is 0.444. The Morgan fingerprint density at radius 1 is 0.886 bits per heavy atom. The van der Waals surface area contributed by atoms with Crippen LogP contribution in [-0.4, -0.2) is 54.6 Å². The standard InChI is InChI=1S/C27H35N7O/c1-2-20-6-8-21(9-7-20)24(35)33-18-16-32(17-19-33)22-10-12-23(13-11-22)34-26(29)30-25(28)31-27(34)14-4-3-5-15-27/h6-13H,2-5,14-19H2,1H3,(H4,28,29,30,31). The van der Waals surface area contributed by atoms with Gasteiger partial charge in [0.15, 0.2) is 0 Å². The van der Waals surface area contributed by atoms with Crippen molar-refractivity contribution in [3.63, 3.8) is 0 Å². The molecule has 1 saturated heterocycles. The van der Waals surface area contributed by atoms with Crippen molar-refractivity contribution in [1.29, 1.82) is 0 Å². The number of piperazine rings is 1. The molecule has 1 spiro atoms. The number of anilines is 2. The molecule has 2 heterocycles. The zero-order valence-corrected chi connectivity index (χ0v) is 20.5. The molecule has 1 saturated carbocycles. The third-order valence-corrected chi connectivity index (χ3v) is 7.50. The number of rotatable bonds is 4. The summed E-state index contributed by atoms with van der Waals surface area (Å²) in [4.78, 5) is 28.3. The first-order valence-corrected chi connectivity index (χ1v) is 12.7. The Morgan fingerprint density at radius 3 is 2.14 bits per heavy atom. The molecule has 2 aromatic carbocycles. The van der Waals surface area contributed by atoms with Crippen molar-refractivity contribution in [2.75, 3.05) is 36.0 Å². The molecule has 184 valence electrons. The molecule has 0 atom stereocenters. The first-order chi connectivity index (χ1) is 17.0. The lowest BCUT2D eigenvalue weighted by atomic mass is 9.87. The topological polar surface area (TPSA) is 104 Å². The summed E-state index contributed by atoms with van der Waals surface area (Å²) in [7, 11) is 0. The number of hydrogen-bond donors (Lipinski definition) is 2. The SMILES string of the molecule is CCc1ccc(C(=O)N2CCN(c3ccc(N4C(N)=NC(N)=NC45CCCCC5)cc3)CC2)cc1. The van der Waals surface area contributed by atoms with Crippen molar-refractivity contribution < 1.29 is 4.79 Å². The van der Waals surface area contributed by atoms with E-state index in [9.17, 15) is 4.79 Å². The van der Waals surface area contributed by atoms with Crippen LogP contribution in [0.3, 0.4) is 0 Å². The van der Waals surface area contributed by atoms with Crippen molar-refractivity contribution in [1.82, 2.24) is 4.90 Å². The lowest BCUT2D eigenvalue weighted by molar-refractivity contribution is 0.0747. The van der Waals surface area contributed by atoms with Crippen LogP contribution in [0.1, 0.15) is 54.9 Å². The van der Waals surface area contributed by atoms with Gasteiger partial charge in [-0.1, -0.05) is 25.5 Å². The fourth-order valence-electron chi connectivity index (χ4n) is 5.54. The molecule has 2 aliphatic heterocycles. The summed E-state index contributed by atoms with van der Waals surface area (Å²) < 4.78 is 0. The maximum Gasteiger partial charge on any atom is 0.253 e. The summed E-state index contributed by atoms with van der Waals surface area (Å²) in [5.41, 5.74) is 16.1. The number of carbonyl (C=O) groups excluding carboxylic acids is 1. The summed E-state index contributed by atoms with van der Waals surface area (Å²) in [6.45, 7) is 5.14. The van der Waals surface area contributed by atoms with E-state index in [1.54, 1.807) is 0 Å². The molecule has 0 bridgehead atoms. The van der Waals surface area contributed by atoms with Gasteiger partial charge in [0, 0.05) is 43.1 Å². The molecule has 0 radical (unpaired) electrons. The molecule has 5 rings (SSSR count). The number of aliphatic imine (C=N–C) groups is 2. The second kappa shape index (κ2) is 9.60. The molecule has 2 fully saturated rings. The average molecular weight is 474 g/mol. The molecule has 8 nitrogen and oxygen atoms in total. The van der Waals surface area contributed by atoms with Crippen LogP contribution in [0, 0.1) is 0 Å². The Hall–Kier alpha value is -3.55. The number of benzene rings is 2. The van der Waals surface area contributed by atoms with Gasteiger partial charge in [-0.2, -0.15) is 4.99 Å². The number of amides is 1. The van der Waals surface area contributed by atoms with Crippen molar-refractivity contribution in [3.05, 3.63) is 59.7 Å². The van der Waals surface area contributed by atoms with Crippen LogP contribution in [0.5, 0.6) is 0 Å². The molecule has 1 aliphatic carbocycles. The van der Waals surface area contributed by atoms with Gasteiger partial charge < -0.3 is 21.3 Å². The van der Waals surface area contributed by atoms with Gasteiger partial charge in [0.2, 0.25) is 11.9 Å². The van der Waals surface area contributed by atoms with Crippen LogP contribution in [0.2, 0.25) is 0 Å². The number of aryl methyl sites for hydroxylation is 1. The second-order valence-electron chi connectivity index (χ2n) is 9.66. The van der Waals surface area contributed by atoms with Crippen LogP contribution in [0.25, 0.3) is 0 Å². The van der Waals surface area contributed by atoms with Crippen molar-refractivity contribution in [2.45, 2.75) is 51.1 Å². The molecule has 0 aromatic heterocycles. The van der Waals surface area contributed by atoms with E-state index < -0.39 is 5.66 Å². The van der Waals surface area contributed by atoms with E-state index >= 15 is 0 Å². The highest BCUT2D eigenvalue weighted by atomic mass is 16.2. The van der Waals surface area contributed by atoms with Gasteiger partial charge in [-0.3, -0.25) is 9.69 Å². The van der Waals surface area contributed by atoms with Gasteiger partial charge in [0.05, 0.1) is 0 Å². The maximum absolute atomic E-state index is 12.9. The van der Waals surface area contributed by atoms with Crippen molar-refractivity contribution in [3.8, 4) is 0 Å². The average Bonchev–Trinajstić information content (AvgIpc) is 2.89. The Balaban J connectivity index is 1.26. The summed E-state index contributed by atoms with van der Waals surface area (Å²) in [5.74, 6) is 0.789. The summed E-state index contributed by atoms with van der Waals surface area (Å²) in [5, 5.41) is 0. The monoisotopic (exact) mass is 473 g/mol. The summed E-state index contributed by atoms with van der Waals surface area (Å²) >= 11 is 0. The lowest BCUT2D eigenvalue weighted by Gasteiger charge is -2.45. The minimum Gasteiger partial charge on any atom is -0.369 e. The zero-order chi connectivity index (χ0) is 24.4. The predicted molar refractivity (Wildman–Crippen MR) is 142 cm³/mol. The molecular weight excluding hydrogens is 438 g/mol. The summed E-state index contributed by atoms with van der Waals surface area (Å²) in [6.07, 6.45) is 6.23. The number of hydrogen-bond acceptors (Lipinski definition) is 7. The number of nitrogens with zero attached hydrogens (tertiary/aromatic N) is 5. The van der Waals surface area contributed by atoms with E-state index in [-0.39, 0.29) is 11.9 Å². The quantitative estimate of drug-likeness (QED) is 0.709. The number of carbonyl (C=O) groups is 1. The minimum atomic E-state index is -0.434. The third-order valence-electron chi connectivity index (χ3n) is 7.50. The third kappa shape index (κ3) is 4.57. The predicted octanol–water partition coefficient (Wildman–Crippen LogP) is 3.32. The van der Waals surface area contributed by atoms with Crippen molar-refractivity contribution in [2.24, 2.45) is 21.5 Å². The maximum atomic E-state index is 12.9.